The first-order valence-corrected chi connectivity index (χ1v) is 13.1. The van der Waals surface area contributed by atoms with Crippen molar-refractivity contribution in [3.05, 3.63) is 83.6 Å². The summed E-state index contributed by atoms with van der Waals surface area (Å²) < 4.78 is 5.60. The van der Waals surface area contributed by atoms with Crippen LogP contribution in [0.4, 0.5) is 22.7 Å². The molecule has 0 unspecified atom stereocenters. The van der Waals surface area contributed by atoms with Crippen molar-refractivity contribution in [1.82, 2.24) is 4.98 Å². The minimum Gasteiger partial charge on any atom is -0.495 e. The first-order chi connectivity index (χ1) is 18.1. The third-order valence-corrected chi connectivity index (χ3v) is 7.14. The second-order valence-electron chi connectivity index (χ2n) is 9.35. The zero-order valence-electron chi connectivity index (χ0n) is 21.8. The van der Waals surface area contributed by atoms with Gasteiger partial charge in [-0.1, -0.05) is 12.1 Å². The molecule has 1 amide bonds. The van der Waals surface area contributed by atoms with Crippen molar-refractivity contribution < 1.29 is 9.53 Å². The number of carbonyl (C=O) groups excluding carboxylic acids is 1. The van der Waals surface area contributed by atoms with E-state index in [2.05, 4.69) is 29.4 Å². The number of ether oxygens (including phenoxy) is 1. The molecule has 3 aromatic carbocycles. The highest BCUT2D eigenvalue weighted by Gasteiger charge is 2.20. The first-order valence-electron chi connectivity index (χ1n) is 13.1. The van der Waals surface area contributed by atoms with Crippen LogP contribution in [0.25, 0.3) is 10.9 Å². The number of benzene rings is 3. The van der Waals surface area contributed by atoms with Gasteiger partial charge < -0.3 is 20.3 Å². The Morgan fingerprint density at radius 3 is 2.49 bits per heavy atom. The van der Waals surface area contributed by atoms with Gasteiger partial charge in [-0.15, -0.1) is 0 Å². The Morgan fingerprint density at radius 1 is 0.973 bits per heavy atom. The number of rotatable bonds is 8. The van der Waals surface area contributed by atoms with Crippen molar-refractivity contribution in [2.75, 3.05) is 35.7 Å². The van der Waals surface area contributed by atoms with Crippen molar-refractivity contribution in [3.8, 4) is 5.75 Å². The Labute approximate surface area is 218 Å². The number of aromatic nitrogens is 1. The molecule has 0 fully saturated rings. The summed E-state index contributed by atoms with van der Waals surface area (Å²) in [7, 11) is 1.68. The van der Waals surface area contributed by atoms with Gasteiger partial charge in [0.2, 0.25) is 0 Å². The molecule has 6 nitrogen and oxygen atoms in total. The lowest BCUT2D eigenvalue weighted by Crippen LogP contribution is -2.21. The van der Waals surface area contributed by atoms with Crippen molar-refractivity contribution in [1.29, 1.82) is 0 Å². The maximum absolute atomic E-state index is 13.1. The lowest BCUT2D eigenvalue weighted by Gasteiger charge is -2.23. The van der Waals surface area contributed by atoms with Crippen molar-refractivity contribution in [3.63, 3.8) is 0 Å². The van der Waals surface area contributed by atoms with Gasteiger partial charge in [-0.2, -0.15) is 0 Å². The highest BCUT2D eigenvalue weighted by molar-refractivity contribution is 6.06. The number of pyridine rings is 1. The molecular weight excluding hydrogens is 460 g/mol. The van der Waals surface area contributed by atoms with Crippen LogP contribution in [0.5, 0.6) is 5.75 Å². The molecule has 190 valence electrons. The smallest absolute Gasteiger partial charge is 0.255 e. The molecule has 1 heterocycles. The quantitative estimate of drug-likeness (QED) is 0.277. The number of hydrogen-bond donors (Lipinski definition) is 2. The van der Waals surface area contributed by atoms with E-state index in [4.69, 9.17) is 9.72 Å². The van der Waals surface area contributed by atoms with Crippen LogP contribution in [0.2, 0.25) is 0 Å². The van der Waals surface area contributed by atoms with Gasteiger partial charge in [0.1, 0.15) is 5.75 Å². The molecule has 0 saturated carbocycles. The molecular formula is C31H34N4O2. The lowest BCUT2D eigenvalue weighted by molar-refractivity contribution is 0.102. The maximum Gasteiger partial charge on any atom is 0.255 e. The van der Waals surface area contributed by atoms with Crippen LogP contribution in [0.1, 0.15) is 48.3 Å². The SMILES string of the molecule is CCN(CC)c1ccc(C(=O)Nc2ccc3nc4c(c(Nc5ccccc5OC)c3c2)CCCC4)cc1. The van der Waals surface area contributed by atoms with Crippen LogP contribution < -0.4 is 20.3 Å². The zero-order valence-corrected chi connectivity index (χ0v) is 21.8. The standard InChI is InChI=1S/C31H34N4O2/c1-4-35(5-2)23-17-14-21(15-18-23)31(36)32-22-16-19-27-25(20-22)30(24-10-6-7-11-26(24)33-27)34-28-12-8-9-13-29(28)37-3/h8-9,12-20H,4-7,10-11H2,1-3H3,(H,32,36)(H,33,34). The Balaban J connectivity index is 1.49. The third-order valence-electron chi connectivity index (χ3n) is 7.14. The minimum absolute atomic E-state index is 0.129. The second-order valence-corrected chi connectivity index (χ2v) is 9.35. The van der Waals surface area contributed by atoms with Gasteiger partial charge in [-0.3, -0.25) is 9.78 Å². The molecule has 6 heteroatoms. The number of para-hydroxylation sites is 2. The van der Waals surface area contributed by atoms with E-state index in [1.54, 1.807) is 7.11 Å². The average Bonchev–Trinajstić information content (AvgIpc) is 2.94. The molecule has 5 rings (SSSR count). The van der Waals surface area contributed by atoms with E-state index in [9.17, 15) is 4.79 Å². The van der Waals surface area contributed by atoms with Crippen molar-refractivity contribution in [2.45, 2.75) is 39.5 Å². The fourth-order valence-corrected chi connectivity index (χ4v) is 5.14. The van der Waals surface area contributed by atoms with Crippen LogP contribution in [-0.4, -0.2) is 31.1 Å². The molecule has 1 aliphatic carbocycles. The number of nitrogens with zero attached hydrogens (tertiary/aromatic N) is 2. The number of anilines is 4. The van der Waals surface area contributed by atoms with Crippen LogP contribution in [0.15, 0.2) is 66.7 Å². The van der Waals surface area contributed by atoms with Crippen molar-refractivity contribution in [2.24, 2.45) is 0 Å². The normalized spacial score (nSPS) is 12.6. The summed E-state index contributed by atoms with van der Waals surface area (Å²) in [4.78, 5) is 20.3. The van der Waals surface area contributed by atoms with Gasteiger partial charge in [-0.25, -0.2) is 0 Å². The highest BCUT2D eigenvalue weighted by atomic mass is 16.5. The molecule has 0 spiro atoms. The number of hydrogen-bond acceptors (Lipinski definition) is 5. The van der Waals surface area contributed by atoms with Gasteiger partial charge in [0.25, 0.3) is 5.91 Å². The van der Waals surface area contributed by atoms with Gasteiger partial charge in [-0.05, 0) is 99.7 Å². The number of aryl methyl sites for hydroxylation is 1. The van der Waals surface area contributed by atoms with Gasteiger partial charge in [0.05, 0.1) is 24.0 Å². The number of nitrogens with one attached hydrogen (secondary N) is 2. The summed E-state index contributed by atoms with van der Waals surface area (Å²) in [6, 6.07) is 21.7. The summed E-state index contributed by atoms with van der Waals surface area (Å²) in [5.74, 6) is 0.658. The predicted molar refractivity (Wildman–Crippen MR) is 153 cm³/mol. The van der Waals surface area contributed by atoms with E-state index in [0.29, 0.717) is 5.56 Å². The summed E-state index contributed by atoms with van der Waals surface area (Å²) in [6.07, 6.45) is 4.25. The summed E-state index contributed by atoms with van der Waals surface area (Å²) in [5, 5.41) is 7.73. The van der Waals surface area contributed by atoms with Crippen LogP contribution >= 0.6 is 0 Å². The molecule has 0 aliphatic heterocycles. The number of methoxy groups -OCH3 is 1. The molecule has 0 saturated heterocycles. The number of fused-ring (bicyclic) bond motifs is 2. The van der Waals surface area contributed by atoms with E-state index >= 15 is 0 Å². The summed E-state index contributed by atoms with van der Waals surface area (Å²) in [5.41, 5.74) is 7.77. The Bertz CT molecular complexity index is 1410. The van der Waals surface area contributed by atoms with Crippen LogP contribution in [0.3, 0.4) is 0 Å². The zero-order chi connectivity index (χ0) is 25.8. The van der Waals surface area contributed by atoms with E-state index < -0.39 is 0 Å². The molecule has 4 aromatic rings. The van der Waals surface area contributed by atoms with E-state index in [1.165, 1.54) is 5.56 Å². The monoisotopic (exact) mass is 494 g/mol. The van der Waals surface area contributed by atoms with Gasteiger partial charge in [0.15, 0.2) is 0 Å². The first kappa shape index (κ1) is 24.6. The summed E-state index contributed by atoms with van der Waals surface area (Å²) >= 11 is 0. The Morgan fingerprint density at radius 2 is 1.73 bits per heavy atom. The van der Waals surface area contributed by atoms with Crippen LogP contribution in [-0.2, 0) is 12.8 Å². The van der Waals surface area contributed by atoms with Crippen LogP contribution in [0, 0.1) is 0 Å². The topological polar surface area (TPSA) is 66.5 Å². The number of amides is 1. The fraction of sp³-hybridized carbons (Fsp3) is 0.290. The molecule has 1 aliphatic rings. The van der Waals surface area contributed by atoms with Crippen molar-refractivity contribution >= 4 is 39.6 Å². The molecule has 1 aromatic heterocycles. The molecule has 0 atom stereocenters. The Hall–Kier alpha value is -4.06. The average molecular weight is 495 g/mol. The summed E-state index contributed by atoms with van der Waals surface area (Å²) in [6.45, 7) is 6.13. The van der Waals surface area contributed by atoms with E-state index in [0.717, 1.165) is 83.9 Å². The minimum atomic E-state index is -0.129. The van der Waals surface area contributed by atoms with E-state index in [-0.39, 0.29) is 5.91 Å². The molecule has 37 heavy (non-hydrogen) atoms. The lowest BCUT2D eigenvalue weighted by atomic mass is 9.92. The third kappa shape index (κ3) is 5.10. The van der Waals surface area contributed by atoms with Gasteiger partial charge in [0, 0.05) is 41.1 Å². The molecule has 0 bridgehead atoms. The van der Waals surface area contributed by atoms with E-state index in [1.807, 2.05) is 66.7 Å². The second kappa shape index (κ2) is 10.9. The maximum atomic E-state index is 13.1. The fourth-order valence-electron chi connectivity index (χ4n) is 5.14. The highest BCUT2D eigenvalue weighted by Crippen LogP contribution is 2.38. The Kier molecular flexibility index (Phi) is 7.26. The molecule has 2 N–H and O–H groups in total. The number of carbonyl (C=O) groups is 1. The largest absolute Gasteiger partial charge is 0.495 e. The van der Waals surface area contributed by atoms with Gasteiger partial charge >= 0.3 is 0 Å². The predicted octanol–water partition coefficient (Wildman–Crippen LogP) is 6.96. The molecule has 0 radical (unpaired) electrons.